The normalized spacial score (nSPS) is 14.9. The Morgan fingerprint density at radius 3 is 2.52 bits per heavy atom. The Kier molecular flexibility index (Phi) is 6.55. The number of benzene rings is 1. The maximum absolute atomic E-state index is 12.4. The van der Waals surface area contributed by atoms with E-state index in [1.165, 1.54) is 25.1 Å². The van der Waals surface area contributed by atoms with Crippen molar-refractivity contribution in [2.24, 2.45) is 0 Å². The van der Waals surface area contributed by atoms with Gasteiger partial charge in [0.1, 0.15) is 0 Å². The summed E-state index contributed by atoms with van der Waals surface area (Å²) in [5.74, 6) is -1.62. The smallest absolute Gasteiger partial charge is 0.339 e. The molecule has 2 rings (SSSR count). The summed E-state index contributed by atoms with van der Waals surface area (Å²) in [5, 5.41) is 4.69. The first kappa shape index (κ1) is 20.8. The first-order chi connectivity index (χ1) is 12.6. The Hall–Kier alpha value is -2.46. The first-order valence-corrected chi connectivity index (χ1v) is 10.0. The molecule has 1 aliphatic carbocycles. The van der Waals surface area contributed by atoms with E-state index in [0.717, 1.165) is 12.8 Å². The van der Waals surface area contributed by atoms with E-state index in [4.69, 9.17) is 4.74 Å². The van der Waals surface area contributed by atoms with E-state index in [1.807, 2.05) is 0 Å². The highest BCUT2D eigenvalue weighted by Gasteiger charge is 2.27. The fraction of sp³-hybridized carbons (Fsp3) is 0.471. The molecule has 1 aromatic rings. The number of ether oxygens (including phenoxy) is 1. The van der Waals surface area contributed by atoms with Crippen LogP contribution in [0.5, 0.6) is 0 Å². The van der Waals surface area contributed by atoms with Crippen LogP contribution >= 0.6 is 0 Å². The van der Waals surface area contributed by atoms with Gasteiger partial charge in [-0.15, -0.1) is 0 Å². The fourth-order valence-corrected chi connectivity index (χ4v) is 3.27. The SMILES string of the molecule is CCNS(=O)(=O)c1ccc(C)c(C(=O)OC(C)C(=O)NC(=O)NC2CC2)c1. The number of carbonyl (C=O) groups excluding carboxylic acids is 3. The van der Waals surface area contributed by atoms with Crippen molar-refractivity contribution in [2.45, 2.75) is 50.7 Å². The summed E-state index contributed by atoms with van der Waals surface area (Å²) in [6, 6.07) is 3.50. The highest BCUT2D eigenvalue weighted by molar-refractivity contribution is 7.89. The lowest BCUT2D eigenvalue weighted by atomic mass is 10.1. The summed E-state index contributed by atoms with van der Waals surface area (Å²) in [7, 11) is -3.74. The minimum absolute atomic E-state index is 0.0241. The number of imide groups is 1. The predicted molar refractivity (Wildman–Crippen MR) is 96.6 cm³/mol. The van der Waals surface area contributed by atoms with Crippen molar-refractivity contribution in [1.82, 2.24) is 15.4 Å². The molecule has 1 saturated carbocycles. The Bertz CT molecular complexity index is 848. The number of aryl methyl sites for hydroxylation is 1. The van der Waals surface area contributed by atoms with Gasteiger partial charge in [-0.1, -0.05) is 13.0 Å². The zero-order valence-electron chi connectivity index (χ0n) is 15.4. The molecule has 27 heavy (non-hydrogen) atoms. The van der Waals surface area contributed by atoms with E-state index in [9.17, 15) is 22.8 Å². The third kappa shape index (κ3) is 5.76. The second-order valence-corrected chi connectivity index (χ2v) is 8.03. The first-order valence-electron chi connectivity index (χ1n) is 8.56. The molecule has 0 heterocycles. The van der Waals surface area contributed by atoms with E-state index in [2.05, 4.69) is 15.4 Å². The Morgan fingerprint density at radius 1 is 1.26 bits per heavy atom. The number of nitrogens with one attached hydrogen (secondary N) is 3. The van der Waals surface area contributed by atoms with Gasteiger partial charge in [-0.25, -0.2) is 22.7 Å². The highest BCUT2D eigenvalue weighted by atomic mass is 32.2. The average Bonchev–Trinajstić information content (AvgIpc) is 3.38. The average molecular weight is 397 g/mol. The van der Waals surface area contributed by atoms with Gasteiger partial charge in [-0.3, -0.25) is 10.1 Å². The van der Waals surface area contributed by atoms with Gasteiger partial charge in [-0.2, -0.15) is 0 Å². The summed E-state index contributed by atoms with van der Waals surface area (Å²) < 4.78 is 31.6. The summed E-state index contributed by atoms with van der Waals surface area (Å²) >= 11 is 0. The quantitative estimate of drug-likeness (QED) is 0.584. The topological polar surface area (TPSA) is 131 Å². The Morgan fingerprint density at radius 2 is 1.93 bits per heavy atom. The second-order valence-electron chi connectivity index (χ2n) is 6.26. The lowest BCUT2D eigenvalue weighted by Gasteiger charge is -2.15. The summed E-state index contributed by atoms with van der Waals surface area (Å²) in [6.45, 7) is 4.79. The van der Waals surface area contributed by atoms with Gasteiger partial charge in [0, 0.05) is 12.6 Å². The van der Waals surface area contributed by atoms with Gasteiger partial charge in [0.2, 0.25) is 10.0 Å². The molecule has 0 bridgehead atoms. The molecular formula is C17H23N3O6S. The van der Waals surface area contributed by atoms with Gasteiger partial charge in [0.25, 0.3) is 5.91 Å². The van der Waals surface area contributed by atoms with E-state index in [1.54, 1.807) is 13.8 Å². The molecule has 148 valence electrons. The van der Waals surface area contributed by atoms with Crippen LogP contribution in [0.1, 0.15) is 42.6 Å². The summed E-state index contributed by atoms with van der Waals surface area (Å²) in [4.78, 5) is 35.8. The van der Waals surface area contributed by atoms with Gasteiger partial charge in [0.15, 0.2) is 6.10 Å². The number of hydrogen-bond acceptors (Lipinski definition) is 6. The van der Waals surface area contributed by atoms with Crippen LogP contribution in [0.25, 0.3) is 0 Å². The van der Waals surface area contributed by atoms with Crippen molar-refractivity contribution < 1.29 is 27.5 Å². The number of amides is 3. The van der Waals surface area contributed by atoms with Crippen molar-refractivity contribution in [1.29, 1.82) is 0 Å². The van der Waals surface area contributed by atoms with Crippen LogP contribution in [0.15, 0.2) is 23.1 Å². The number of hydrogen-bond donors (Lipinski definition) is 3. The van der Waals surface area contributed by atoms with Crippen molar-refractivity contribution >= 4 is 27.9 Å². The molecule has 0 spiro atoms. The largest absolute Gasteiger partial charge is 0.449 e. The van der Waals surface area contributed by atoms with Gasteiger partial charge in [0.05, 0.1) is 10.5 Å². The molecule has 1 unspecified atom stereocenters. The molecule has 1 fully saturated rings. The predicted octanol–water partition coefficient (Wildman–Crippen LogP) is 0.827. The van der Waals surface area contributed by atoms with Crippen LogP contribution in [0.3, 0.4) is 0 Å². The number of carbonyl (C=O) groups is 3. The molecule has 3 N–H and O–H groups in total. The van der Waals surface area contributed by atoms with Crippen LogP contribution in [0, 0.1) is 6.92 Å². The fourth-order valence-electron chi connectivity index (χ4n) is 2.20. The molecule has 9 nitrogen and oxygen atoms in total. The zero-order chi connectivity index (χ0) is 20.2. The molecule has 1 atom stereocenters. The van der Waals surface area contributed by atoms with Crippen LogP contribution in [0.4, 0.5) is 4.79 Å². The maximum atomic E-state index is 12.4. The third-order valence-electron chi connectivity index (χ3n) is 3.88. The summed E-state index contributed by atoms with van der Waals surface area (Å²) in [5.41, 5.74) is 0.519. The van der Waals surface area contributed by atoms with E-state index < -0.39 is 34.0 Å². The lowest BCUT2D eigenvalue weighted by Crippen LogP contribution is -2.45. The molecule has 10 heteroatoms. The minimum atomic E-state index is -3.74. The molecule has 0 saturated heterocycles. The molecule has 3 amide bonds. The number of urea groups is 1. The molecular weight excluding hydrogens is 374 g/mol. The summed E-state index contributed by atoms with van der Waals surface area (Å²) in [6.07, 6.45) is 0.519. The van der Waals surface area contributed by atoms with Crippen LogP contribution < -0.4 is 15.4 Å². The molecule has 1 aliphatic rings. The minimum Gasteiger partial charge on any atom is -0.449 e. The van der Waals surface area contributed by atoms with Gasteiger partial charge in [-0.05, 0) is 44.4 Å². The van der Waals surface area contributed by atoms with Gasteiger partial charge < -0.3 is 10.1 Å². The van der Waals surface area contributed by atoms with Crippen molar-refractivity contribution in [3.63, 3.8) is 0 Å². The standard InChI is InChI=1S/C17H23N3O6S/c1-4-18-27(24,25)13-8-5-10(2)14(9-13)16(22)26-11(3)15(21)20-17(23)19-12-6-7-12/h5,8-9,11-12,18H,4,6-7H2,1-3H3,(H2,19,20,21,23). The number of sulfonamides is 1. The van der Waals surface area contributed by atoms with Crippen LogP contribution in [-0.2, 0) is 19.6 Å². The van der Waals surface area contributed by atoms with Crippen molar-refractivity contribution in [2.75, 3.05) is 6.54 Å². The van der Waals surface area contributed by atoms with E-state index >= 15 is 0 Å². The molecule has 0 aliphatic heterocycles. The van der Waals surface area contributed by atoms with Crippen LogP contribution in [0.2, 0.25) is 0 Å². The molecule has 0 aromatic heterocycles. The molecule has 1 aromatic carbocycles. The highest BCUT2D eigenvalue weighted by Crippen LogP contribution is 2.18. The zero-order valence-corrected chi connectivity index (χ0v) is 16.2. The lowest BCUT2D eigenvalue weighted by molar-refractivity contribution is -0.127. The monoisotopic (exact) mass is 397 g/mol. The van der Waals surface area contributed by atoms with Gasteiger partial charge >= 0.3 is 12.0 Å². The second kappa shape index (κ2) is 8.49. The number of rotatable bonds is 7. The Labute approximate surface area is 157 Å². The van der Waals surface area contributed by atoms with E-state index in [-0.39, 0.29) is 23.0 Å². The van der Waals surface area contributed by atoms with Crippen molar-refractivity contribution in [3.05, 3.63) is 29.3 Å². The Balaban J connectivity index is 2.05. The van der Waals surface area contributed by atoms with E-state index in [0.29, 0.717) is 5.56 Å². The maximum Gasteiger partial charge on any atom is 0.339 e. The van der Waals surface area contributed by atoms with Crippen LogP contribution in [-0.4, -0.2) is 45.0 Å². The molecule has 0 radical (unpaired) electrons. The number of esters is 1. The van der Waals surface area contributed by atoms with Crippen molar-refractivity contribution in [3.8, 4) is 0 Å². The third-order valence-corrected chi connectivity index (χ3v) is 5.42.